The van der Waals surface area contributed by atoms with Crippen molar-refractivity contribution in [2.45, 2.75) is 11.0 Å². The molecule has 132 valence electrons. The molecule has 1 aliphatic heterocycles. The molecule has 1 unspecified atom stereocenters. The summed E-state index contributed by atoms with van der Waals surface area (Å²) in [7, 11) is -2.16. The second-order valence-electron chi connectivity index (χ2n) is 5.53. The van der Waals surface area contributed by atoms with Crippen LogP contribution in [0.5, 0.6) is 0 Å². The molecule has 3 heterocycles. The number of rotatable bonds is 3. The lowest BCUT2D eigenvalue weighted by Crippen LogP contribution is -2.42. The highest BCUT2D eigenvalue weighted by atomic mass is 32.2. The number of fused-ring (bicyclic) bond motifs is 1. The topological polar surface area (TPSA) is 136 Å². The zero-order chi connectivity index (χ0) is 17.6. The van der Waals surface area contributed by atoms with Crippen molar-refractivity contribution in [1.82, 2.24) is 29.5 Å². The summed E-state index contributed by atoms with van der Waals surface area (Å²) < 4.78 is 37.6. The molecule has 4 rings (SSSR count). The van der Waals surface area contributed by atoms with E-state index in [1.165, 1.54) is 27.3 Å². The van der Waals surface area contributed by atoms with Gasteiger partial charge in [-0.1, -0.05) is 0 Å². The predicted octanol–water partition coefficient (Wildman–Crippen LogP) is -0.593. The smallest absolute Gasteiger partial charge is 0.408 e. The molecular formula is C13H14N6O5S. The van der Waals surface area contributed by atoms with Gasteiger partial charge in [-0.05, 0) is 17.3 Å². The molecule has 1 N–H and O–H groups in total. The lowest BCUT2D eigenvalue weighted by molar-refractivity contribution is -0.00765. The van der Waals surface area contributed by atoms with Crippen LogP contribution >= 0.6 is 0 Å². The standard InChI is InChI=1S/C13H14N6O5S/c1-18-16-12(15-17-18)11-7-19(4-5-23-11)25(21,22)8-2-3-9-10(6-8)24-13(20)14-9/h2-3,6,11H,4-5,7H2,1H3,(H,14,20). The van der Waals surface area contributed by atoms with E-state index in [9.17, 15) is 13.2 Å². The molecule has 0 aliphatic carbocycles. The van der Waals surface area contributed by atoms with Crippen LogP contribution in [-0.2, 0) is 21.8 Å². The summed E-state index contributed by atoms with van der Waals surface area (Å²) in [6, 6.07) is 4.25. The number of benzene rings is 1. The number of aromatic nitrogens is 5. The Morgan fingerprint density at radius 3 is 2.96 bits per heavy atom. The average molecular weight is 366 g/mol. The summed E-state index contributed by atoms with van der Waals surface area (Å²) in [5, 5.41) is 11.7. The Labute approximate surface area is 141 Å². The van der Waals surface area contributed by atoms with Crippen molar-refractivity contribution in [3.63, 3.8) is 0 Å². The van der Waals surface area contributed by atoms with Crippen molar-refractivity contribution in [3.8, 4) is 0 Å². The highest BCUT2D eigenvalue weighted by molar-refractivity contribution is 7.89. The van der Waals surface area contributed by atoms with E-state index in [0.717, 1.165) is 0 Å². The van der Waals surface area contributed by atoms with E-state index in [1.54, 1.807) is 7.05 Å². The normalized spacial score (nSPS) is 19.5. The fourth-order valence-corrected chi connectivity index (χ4v) is 4.10. The first-order chi connectivity index (χ1) is 11.9. The van der Waals surface area contributed by atoms with E-state index in [0.29, 0.717) is 11.3 Å². The van der Waals surface area contributed by atoms with E-state index in [1.807, 2.05) is 0 Å². The third kappa shape index (κ3) is 2.83. The number of ether oxygens (including phenoxy) is 1. The van der Waals surface area contributed by atoms with E-state index in [2.05, 4.69) is 20.4 Å². The molecule has 2 aromatic heterocycles. The van der Waals surface area contributed by atoms with Crippen molar-refractivity contribution in [2.24, 2.45) is 7.05 Å². The van der Waals surface area contributed by atoms with E-state index in [4.69, 9.17) is 9.15 Å². The number of hydrogen-bond donors (Lipinski definition) is 1. The van der Waals surface area contributed by atoms with E-state index in [-0.39, 0.29) is 30.2 Å². The maximum absolute atomic E-state index is 12.9. The first-order valence-electron chi connectivity index (χ1n) is 7.42. The monoisotopic (exact) mass is 366 g/mol. The van der Waals surface area contributed by atoms with Crippen LogP contribution in [0.3, 0.4) is 0 Å². The molecule has 0 bridgehead atoms. The molecule has 1 aliphatic rings. The lowest BCUT2D eigenvalue weighted by atomic mass is 10.3. The molecule has 0 spiro atoms. The van der Waals surface area contributed by atoms with Gasteiger partial charge in [0.05, 0.1) is 24.1 Å². The SMILES string of the molecule is Cn1nnc(C2CN(S(=O)(=O)c3ccc4[nH]c(=O)oc4c3)CCO2)n1. The van der Waals surface area contributed by atoms with E-state index >= 15 is 0 Å². The van der Waals surface area contributed by atoms with Crippen LogP contribution in [0.4, 0.5) is 0 Å². The number of morpholine rings is 1. The molecule has 0 amide bonds. The maximum atomic E-state index is 12.9. The summed E-state index contributed by atoms with van der Waals surface area (Å²) in [5.74, 6) is -0.306. The van der Waals surface area contributed by atoms with Crippen molar-refractivity contribution in [3.05, 3.63) is 34.6 Å². The Bertz CT molecular complexity index is 1080. The minimum absolute atomic E-state index is 0.0375. The molecule has 1 saturated heterocycles. The molecule has 1 aromatic carbocycles. The second kappa shape index (κ2) is 5.75. The Morgan fingerprint density at radius 1 is 1.36 bits per heavy atom. The third-order valence-corrected chi connectivity index (χ3v) is 5.73. The Hall–Kier alpha value is -2.57. The highest BCUT2D eigenvalue weighted by Crippen LogP contribution is 2.25. The number of sulfonamides is 1. The quantitative estimate of drug-likeness (QED) is 0.649. The Balaban J connectivity index is 1.64. The van der Waals surface area contributed by atoms with Crippen molar-refractivity contribution >= 4 is 21.1 Å². The molecule has 1 fully saturated rings. The van der Waals surface area contributed by atoms with Gasteiger partial charge in [0, 0.05) is 19.2 Å². The second-order valence-corrected chi connectivity index (χ2v) is 7.47. The third-order valence-electron chi connectivity index (χ3n) is 3.87. The van der Waals surface area contributed by atoms with Crippen LogP contribution in [-0.4, -0.2) is 57.6 Å². The highest BCUT2D eigenvalue weighted by Gasteiger charge is 2.33. The molecule has 11 nitrogen and oxygen atoms in total. The van der Waals surface area contributed by atoms with Crippen LogP contribution in [0.25, 0.3) is 11.1 Å². The van der Waals surface area contributed by atoms with E-state index < -0.39 is 21.9 Å². The van der Waals surface area contributed by atoms with Crippen molar-refractivity contribution in [1.29, 1.82) is 0 Å². The van der Waals surface area contributed by atoms with Crippen LogP contribution in [0.2, 0.25) is 0 Å². The van der Waals surface area contributed by atoms with Gasteiger partial charge < -0.3 is 9.15 Å². The fraction of sp³-hybridized carbons (Fsp3) is 0.385. The van der Waals surface area contributed by atoms with Gasteiger partial charge in [-0.2, -0.15) is 9.10 Å². The van der Waals surface area contributed by atoms with Crippen molar-refractivity contribution < 1.29 is 17.6 Å². The Kier molecular flexibility index (Phi) is 3.67. The lowest BCUT2D eigenvalue weighted by Gasteiger charge is -2.30. The molecular weight excluding hydrogens is 352 g/mol. The first-order valence-corrected chi connectivity index (χ1v) is 8.86. The minimum Gasteiger partial charge on any atom is -0.408 e. The molecule has 0 saturated carbocycles. The molecule has 1 atom stereocenters. The van der Waals surface area contributed by atoms with Crippen molar-refractivity contribution in [2.75, 3.05) is 19.7 Å². The maximum Gasteiger partial charge on any atom is 0.417 e. The van der Waals surface area contributed by atoms with Crippen LogP contribution in [0, 0.1) is 0 Å². The zero-order valence-corrected chi connectivity index (χ0v) is 13.9. The summed E-state index contributed by atoms with van der Waals surface area (Å²) in [6.45, 7) is 0.487. The van der Waals surface area contributed by atoms with Gasteiger partial charge >= 0.3 is 5.76 Å². The number of aromatic amines is 1. The van der Waals surface area contributed by atoms with Gasteiger partial charge in [0.1, 0.15) is 6.10 Å². The van der Waals surface area contributed by atoms with Crippen LogP contribution < -0.4 is 5.76 Å². The number of hydrogen-bond acceptors (Lipinski definition) is 8. The molecule has 25 heavy (non-hydrogen) atoms. The summed E-state index contributed by atoms with van der Waals surface area (Å²) in [6.07, 6.45) is -0.592. The zero-order valence-electron chi connectivity index (χ0n) is 13.1. The van der Waals surface area contributed by atoms with Crippen LogP contribution in [0.1, 0.15) is 11.9 Å². The minimum atomic E-state index is -3.78. The predicted molar refractivity (Wildman–Crippen MR) is 83.1 cm³/mol. The summed E-state index contributed by atoms with van der Waals surface area (Å²) >= 11 is 0. The van der Waals surface area contributed by atoms with Gasteiger partial charge in [0.25, 0.3) is 0 Å². The molecule has 12 heteroatoms. The van der Waals surface area contributed by atoms with Gasteiger partial charge in [-0.3, -0.25) is 4.98 Å². The number of H-pyrrole nitrogens is 1. The van der Waals surface area contributed by atoms with Crippen LogP contribution in [0.15, 0.2) is 32.3 Å². The van der Waals surface area contributed by atoms with Gasteiger partial charge in [0.15, 0.2) is 5.58 Å². The number of tetrazole rings is 1. The van der Waals surface area contributed by atoms with Gasteiger partial charge in [0.2, 0.25) is 15.8 Å². The number of oxazole rings is 1. The summed E-state index contributed by atoms with van der Waals surface area (Å²) in [5.41, 5.74) is 0.624. The number of aryl methyl sites for hydroxylation is 1. The molecule has 0 radical (unpaired) electrons. The van der Waals surface area contributed by atoms with Gasteiger partial charge in [-0.15, -0.1) is 10.2 Å². The summed E-state index contributed by atoms with van der Waals surface area (Å²) in [4.78, 5) is 15.0. The fourth-order valence-electron chi connectivity index (χ4n) is 2.66. The largest absolute Gasteiger partial charge is 0.417 e. The van der Waals surface area contributed by atoms with Gasteiger partial charge in [-0.25, -0.2) is 13.2 Å². The first kappa shape index (κ1) is 15.9. The average Bonchev–Trinajstić information content (AvgIpc) is 3.18. The Morgan fingerprint density at radius 2 is 2.20 bits per heavy atom. The number of nitrogens with zero attached hydrogens (tertiary/aromatic N) is 5. The number of nitrogens with one attached hydrogen (secondary N) is 1. The molecule has 3 aromatic rings.